The monoisotopic (exact) mass is 552 g/mol. The number of halogens is 1. The molecule has 2 N–H and O–H groups in total. The second-order valence-corrected chi connectivity index (χ2v) is 8.46. The van der Waals surface area contributed by atoms with E-state index in [1.165, 1.54) is 10.5 Å². The van der Waals surface area contributed by atoms with Crippen LogP contribution in [0.5, 0.6) is 0 Å². The molecule has 1 saturated heterocycles. The molecular weight excluding hydrogens is 519 g/mol. The van der Waals surface area contributed by atoms with E-state index in [2.05, 4.69) is 39.9 Å². The van der Waals surface area contributed by atoms with E-state index in [0.717, 1.165) is 25.8 Å². The summed E-state index contributed by atoms with van der Waals surface area (Å²) >= 11 is 0. The van der Waals surface area contributed by atoms with Crippen molar-refractivity contribution >= 4 is 41.8 Å². The molecule has 7 nitrogen and oxygen atoms in total. The lowest BCUT2D eigenvalue weighted by Gasteiger charge is -2.18. The minimum atomic E-state index is -0.123. The number of benzene rings is 1. The van der Waals surface area contributed by atoms with Crippen molar-refractivity contribution in [3.63, 3.8) is 0 Å². The van der Waals surface area contributed by atoms with Crippen LogP contribution in [0.3, 0.4) is 0 Å². The number of hydrogen-bond acceptors (Lipinski definition) is 4. The number of allylic oxidation sites excluding steroid dienone is 2. The predicted molar refractivity (Wildman–Crippen MR) is 135 cm³/mol. The lowest BCUT2D eigenvalue weighted by molar-refractivity contribution is -0.140. The number of amides is 2. The van der Waals surface area contributed by atoms with Crippen LogP contribution in [0.15, 0.2) is 47.5 Å². The Hall–Kier alpha value is -1.94. The van der Waals surface area contributed by atoms with E-state index in [9.17, 15) is 9.59 Å². The third kappa shape index (κ3) is 5.51. The fraction of sp³-hybridized carbons (Fsp3) is 0.542. The summed E-state index contributed by atoms with van der Waals surface area (Å²) in [5.74, 6) is 0.949. The Labute approximate surface area is 207 Å². The van der Waals surface area contributed by atoms with Crippen molar-refractivity contribution in [3.05, 3.63) is 48.0 Å². The maximum Gasteiger partial charge on any atom is 0.233 e. The SMILES string of the molecule is CN=C(NCCCOCCc1ccccc1)NCCN1C(=O)C2C3C=CC(C3)C2C1=O.I. The van der Waals surface area contributed by atoms with Gasteiger partial charge in [-0.1, -0.05) is 42.5 Å². The number of likely N-dealkylation sites (tertiary alicyclic amines) is 1. The average molecular weight is 552 g/mol. The minimum absolute atomic E-state index is 0. The summed E-state index contributed by atoms with van der Waals surface area (Å²) in [7, 11) is 1.71. The first-order valence-corrected chi connectivity index (χ1v) is 11.3. The molecule has 4 atom stereocenters. The van der Waals surface area contributed by atoms with E-state index in [4.69, 9.17) is 4.74 Å². The van der Waals surface area contributed by atoms with Crippen LogP contribution < -0.4 is 10.6 Å². The molecule has 2 bridgehead atoms. The largest absolute Gasteiger partial charge is 0.381 e. The Balaban J connectivity index is 0.00000289. The molecule has 4 rings (SSSR count). The number of nitrogens with zero attached hydrogens (tertiary/aromatic N) is 2. The molecule has 0 radical (unpaired) electrons. The number of ether oxygens (including phenoxy) is 1. The Morgan fingerprint density at radius 3 is 2.34 bits per heavy atom. The van der Waals surface area contributed by atoms with Gasteiger partial charge < -0.3 is 15.4 Å². The van der Waals surface area contributed by atoms with E-state index in [1.54, 1.807) is 7.05 Å². The van der Waals surface area contributed by atoms with E-state index < -0.39 is 0 Å². The zero-order chi connectivity index (χ0) is 21.6. The van der Waals surface area contributed by atoms with E-state index >= 15 is 0 Å². The molecule has 1 saturated carbocycles. The Bertz CT molecular complexity index is 815. The molecule has 2 aliphatic carbocycles. The first kappa shape index (κ1) is 24.7. The molecule has 0 aromatic heterocycles. The Morgan fingerprint density at radius 1 is 1.03 bits per heavy atom. The van der Waals surface area contributed by atoms with Crippen molar-refractivity contribution < 1.29 is 14.3 Å². The molecule has 0 spiro atoms. The highest BCUT2D eigenvalue weighted by Gasteiger charge is 2.58. The number of fused-ring (bicyclic) bond motifs is 5. The summed E-state index contributed by atoms with van der Waals surface area (Å²) in [5.41, 5.74) is 1.28. The average Bonchev–Trinajstić information content (AvgIpc) is 3.47. The topological polar surface area (TPSA) is 83.0 Å². The highest BCUT2D eigenvalue weighted by Crippen LogP contribution is 2.52. The zero-order valence-electron chi connectivity index (χ0n) is 18.5. The molecule has 1 heterocycles. The van der Waals surface area contributed by atoms with Crippen molar-refractivity contribution in [1.82, 2.24) is 15.5 Å². The zero-order valence-corrected chi connectivity index (χ0v) is 20.9. The molecule has 3 aliphatic rings. The van der Waals surface area contributed by atoms with Crippen LogP contribution in [0.25, 0.3) is 0 Å². The van der Waals surface area contributed by atoms with Crippen LogP contribution in [-0.2, 0) is 20.7 Å². The van der Waals surface area contributed by atoms with Gasteiger partial charge in [0.25, 0.3) is 0 Å². The lowest BCUT2D eigenvalue weighted by atomic mass is 9.85. The quantitative estimate of drug-likeness (QED) is 0.116. The Kier molecular flexibility index (Phi) is 9.10. The number of rotatable bonds is 10. The van der Waals surface area contributed by atoms with E-state index in [-0.39, 0.29) is 59.5 Å². The molecule has 1 aromatic rings. The van der Waals surface area contributed by atoms with Crippen LogP contribution in [0.2, 0.25) is 0 Å². The van der Waals surface area contributed by atoms with E-state index in [0.29, 0.717) is 32.3 Å². The molecule has 8 heteroatoms. The second kappa shape index (κ2) is 11.8. The van der Waals surface area contributed by atoms with Gasteiger partial charge in [-0.25, -0.2) is 0 Å². The highest BCUT2D eigenvalue weighted by molar-refractivity contribution is 14.0. The number of guanidine groups is 1. The van der Waals surface area contributed by atoms with Crippen LogP contribution >= 0.6 is 24.0 Å². The fourth-order valence-corrected chi connectivity index (χ4v) is 5.01. The van der Waals surface area contributed by atoms with Crippen LogP contribution in [-0.4, -0.2) is 62.6 Å². The van der Waals surface area contributed by atoms with Crippen LogP contribution in [0.4, 0.5) is 0 Å². The highest BCUT2D eigenvalue weighted by atomic mass is 127. The van der Waals surface area contributed by atoms with Gasteiger partial charge in [-0.2, -0.15) is 0 Å². The van der Waals surface area contributed by atoms with E-state index in [1.807, 2.05) is 18.2 Å². The molecule has 1 aromatic carbocycles. The Morgan fingerprint density at radius 2 is 1.69 bits per heavy atom. The number of aliphatic imine (C=N–C) groups is 1. The second-order valence-electron chi connectivity index (χ2n) is 8.46. The van der Waals surface area contributed by atoms with Crippen molar-refractivity contribution in [2.24, 2.45) is 28.7 Å². The van der Waals surface area contributed by atoms with Gasteiger partial charge in [-0.15, -0.1) is 24.0 Å². The summed E-state index contributed by atoms with van der Waals surface area (Å²) in [5, 5.41) is 6.45. The molecule has 1 aliphatic heterocycles. The van der Waals surface area contributed by atoms with Crippen LogP contribution in [0, 0.1) is 23.7 Å². The summed E-state index contributed by atoms with van der Waals surface area (Å²) in [6.07, 6.45) is 7.00. The van der Waals surface area contributed by atoms with Gasteiger partial charge in [0.2, 0.25) is 11.8 Å². The summed E-state index contributed by atoms with van der Waals surface area (Å²) < 4.78 is 5.70. The lowest BCUT2D eigenvalue weighted by Crippen LogP contribution is -2.44. The number of nitrogens with one attached hydrogen (secondary N) is 2. The number of imide groups is 1. The van der Waals surface area contributed by atoms with Gasteiger partial charge in [-0.05, 0) is 36.7 Å². The van der Waals surface area contributed by atoms with Crippen molar-refractivity contribution in [2.45, 2.75) is 19.3 Å². The third-order valence-electron chi connectivity index (χ3n) is 6.55. The van der Waals surface area contributed by atoms with Gasteiger partial charge in [-0.3, -0.25) is 19.5 Å². The van der Waals surface area contributed by atoms with Gasteiger partial charge in [0.05, 0.1) is 18.4 Å². The smallest absolute Gasteiger partial charge is 0.233 e. The van der Waals surface area contributed by atoms with Gasteiger partial charge in [0.15, 0.2) is 5.96 Å². The summed E-state index contributed by atoms with van der Waals surface area (Å²) in [4.78, 5) is 31.1. The van der Waals surface area contributed by atoms with Crippen molar-refractivity contribution in [1.29, 1.82) is 0 Å². The fourth-order valence-electron chi connectivity index (χ4n) is 5.01. The van der Waals surface area contributed by atoms with Crippen molar-refractivity contribution in [3.8, 4) is 0 Å². The molecular formula is C24H33IN4O3. The molecule has 174 valence electrons. The first-order valence-electron chi connectivity index (χ1n) is 11.3. The minimum Gasteiger partial charge on any atom is -0.381 e. The molecule has 4 unspecified atom stereocenters. The van der Waals surface area contributed by atoms with Gasteiger partial charge >= 0.3 is 0 Å². The predicted octanol–water partition coefficient (Wildman–Crippen LogP) is 2.23. The maximum atomic E-state index is 12.7. The van der Waals surface area contributed by atoms with Crippen molar-refractivity contribution in [2.75, 3.05) is 39.9 Å². The molecule has 2 fully saturated rings. The molecule has 2 amide bonds. The van der Waals surface area contributed by atoms with Gasteiger partial charge in [0, 0.05) is 33.3 Å². The van der Waals surface area contributed by atoms with Crippen LogP contribution in [0.1, 0.15) is 18.4 Å². The third-order valence-corrected chi connectivity index (χ3v) is 6.55. The summed E-state index contributed by atoms with van der Waals surface area (Å²) in [6, 6.07) is 10.3. The van der Waals surface area contributed by atoms with Gasteiger partial charge in [0.1, 0.15) is 0 Å². The summed E-state index contributed by atoms with van der Waals surface area (Å²) in [6.45, 7) is 3.02. The first-order chi connectivity index (χ1) is 15.2. The number of carbonyl (C=O) groups excluding carboxylic acids is 2. The number of hydrogen-bond donors (Lipinski definition) is 2. The maximum absolute atomic E-state index is 12.7. The molecule has 32 heavy (non-hydrogen) atoms. The normalized spacial score (nSPS) is 25.8. The standard InChI is InChI=1S/C24H32N4O3.HI/c1-25-24(26-11-5-14-31-15-10-17-6-3-2-4-7-17)27-12-13-28-22(29)20-18-8-9-19(16-18)21(20)23(28)30;/h2-4,6-9,18-21H,5,10-16H2,1H3,(H2,25,26,27);1H. The number of carbonyl (C=O) groups is 2.